The van der Waals surface area contributed by atoms with Crippen molar-refractivity contribution in [3.8, 4) is 0 Å². The number of carbonyl (C=O) groups is 2. The maximum atomic E-state index is 11.5. The molecule has 6 nitrogen and oxygen atoms in total. The first-order valence-electron chi connectivity index (χ1n) is 5.03. The number of hydrogen-bond acceptors (Lipinski definition) is 3. The molecule has 16 heavy (non-hydrogen) atoms. The van der Waals surface area contributed by atoms with Crippen LogP contribution >= 0.6 is 0 Å². The first-order valence-corrected chi connectivity index (χ1v) is 5.03. The zero-order chi connectivity index (χ0) is 12.3. The molecule has 0 saturated carbocycles. The number of aryl methyl sites for hydroxylation is 1. The highest BCUT2D eigenvalue weighted by atomic mass is 16.2. The minimum Gasteiger partial charge on any atom is -0.365 e. The van der Waals surface area contributed by atoms with Gasteiger partial charge in [0.1, 0.15) is 11.4 Å². The molecule has 1 aromatic rings. The molecule has 0 aliphatic rings. The zero-order valence-electron chi connectivity index (χ0n) is 9.65. The molecule has 1 aromatic heterocycles. The van der Waals surface area contributed by atoms with Crippen molar-refractivity contribution >= 4 is 17.6 Å². The maximum Gasteiger partial charge on any atom is 0.254 e. The number of nitrogens with zero attached hydrogens (tertiary/aromatic N) is 2. The molecule has 0 spiro atoms. The minimum atomic E-state index is -0.604. The molecule has 0 radical (unpaired) electrons. The summed E-state index contributed by atoms with van der Waals surface area (Å²) in [5.41, 5.74) is 5.38. The van der Waals surface area contributed by atoms with Crippen LogP contribution in [-0.4, -0.2) is 21.6 Å². The Hall–Kier alpha value is -1.85. The van der Waals surface area contributed by atoms with Gasteiger partial charge in [0.25, 0.3) is 5.91 Å². The van der Waals surface area contributed by atoms with Gasteiger partial charge in [-0.25, -0.2) is 0 Å². The first kappa shape index (κ1) is 12.2. The number of primary amides is 1. The lowest BCUT2D eigenvalue weighted by molar-refractivity contribution is -0.116. The lowest BCUT2D eigenvalue weighted by atomic mass is 10.1. The quantitative estimate of drug-likeness (QED) is 0.780. The number of nitrogens with two attached hydrogens (primary N) is 1. The van der Waals surface area contributed by atoms with E-state index in [1.165, 1.54) is 10.9 Å². The van der Waals surface area contributed by atoms with Crippen LogP contribution in [-0.2, 0) is 11.8 Å². The van der Waals surface area contributed by atoms with Crippen LogP contribution in [0.5, 0.6) is 0 Å². The maximum absolute atomic E-state index is 11.5. The van der Waals surface area contributed by atoms with E-state index in [0.717, 1.165) is 0 Å². The van der Waals surface area contributed by atoms with Gasteiger partial charge in [-0.05, 0) is 5.92 Å². The van der Waals surface area contributed by atoms with Gasteiger partial charge in [0, 0.05) is 13.5 Å². The molecular formula is C10H16N4O2. The number of anilines is 1. The highest BCUT2D eigenvalue weighted by Crippen LogP contribution is 2.14. The molecule has 0 aromatic carbocycles. The van der Waals surface area contributed by atoms with Crippen LogP contribution in [0.1, 0.15) is 30.6 Å². The van der Waals surface area contributed by atoms with E-state index in [1.54, 1.807) is 7.05 Å². The summed E-state index contributed by atoms with van der Waals surface area (Å²) < 4.78 is 1.42. The zero-order valence-corrected chi connectivity index (χ0v) is 9.65. The van der Waals surface area contributed by atoms with Crippen molar-refractivity contribution in [2.45, 2.75) is 20.3 Å². The van der Waals surface area contributed by atoms with Crippen LogP contribution in [0.25, 0.3) is 0 Å². The monoisotopic (exact) mass is 224 g/mol. The van der Waals surface area contributed by atoms with Gasteiger partial charge in [0.15, 0.2) is 0 Å². The summed E-state index contributed by atoms with van der Waals surface area (Å²) in [6.07, 6.45) is 1.73. The number of aromatic nitrogens is 2. The number of amides is 2. The van der Waals surface area contributed by atoms with Crippen molar-refractivity contribution in [1.29, 1.82) is 0 Å². The molecule has 1 heterocycles. The van der Waals surface area contributed by atoms with Crippen molar-refractivity contribution in [1.82, 2.24) is 9.78 Å². The van der Waals surface area contributed by atoms with Crippen molar-refractivity contribution in [2.24, 2.45) is 18.7 Å². The predicted octanol–water partition coefficient (Wildman–Crippen LogP) is 0.504. The Morgan fingerprint density at radius 1 is 1.56 bits per heavy atom. The Labute approximate surface area is 93.8 Å². The predicted molar refractivity (Wildman–Crippen MR) is 59.8 cm³/mol. The third-order valence-electron chi connectivity index (χ3n) is 2.06. The smallest absolute Gasteiger partial charge is 0.254 e. The third-order valence-corrected chi connectivity index (χ3v) is 2.06. The fourth-order valence-corrected chi connectivity index (χ4v) is 1.32. The molecule has 1 rings (SSSR count). The van der Waals surface area contributed by atoms with E-state index in [4.69, 9.17) is 5.73 Å². The van der Waals surface area contributed by atoms with Gasteiger partial charge in [-0.2, -0.15) is 5.10 Å². The molecule has 88 valence electrons. The number of rotatable bonds is 4. The highest BCUT2D eigenvalue weighted by molar-refractivity contribution is 6.01. The van der Waals surface area contributed by atoms with Crippen molar-refractivity contribution < 1.29 is 9.59 Å². The fraction of sp³-hybridized carbons (Fsp3) is 0.500. The normalized spacial score (nSPS) is 10.5. The Balaban J connectivity index is 2.84. The summed E-state index contributed by atoms with van der Waals surface area (Å²) >= 11 is 0. The van der Waals surface area contributed by atoms with Gasteiger partial charge in [0.05, 0.1) is 6.20 Å². The SMILES string of the molecule is CC(C)CC(=O)Nc1c(C(N)=O)cnn1C. The van der Waals surface area contributed by atoms with Crippen LogP contribution in [0.4, 0.5) is 5.82 Å². The van der Waals surface area contributed by atoms with Crippen molar-refractivity contribution in [2.75, 3.05) is 5.32 Å². The van der Waals surface area contributed by atoms with E-state index in [1.807, 2.05) is 13.8 Å². The number of hydrogen-bond donors (Lipinski definition) is 2. The van der Waals surface area contributed by atoms with E-state index in [0.29, 0.717) is 12.2 Å². The highest BCUT2D eigenvalue weighted by Gasteiger charge is 2.16. The summed E-state index contributed by atoms with van der Waals surface area (Å²) in [6.45, 7) is 3.88. The van der Waals surface area contributed by atoms with Gasteiger partial charge in [-0.15, -0.1) is 0 Å². The van der Waals surface area contributed by atoms with E-state index in [2.05, 4.69) is 10.4 Å². The van der Waals surface area contributed by atoms with E-state index in [9.17, 15) is 9.59 Å². The Bertz CT molecular complexity index is 409. The van der Waals surface area contributed by atoms with Crippen LogP contribution in [0, 0.1) is 5.92 Å². The van der Waals surface area contributed by atoms with Gasteiger partial charge < -0.3 is 11.1 Å². The molecule has 2 amide bonds. The van der Waals surface area contributed by atoms with Gasteiger partial charge >= 0.3 is 0 Å². The molecule has 0 aliphatic heterocycles. The van der Waals surface area contributed by atoms with Gasteiger partial charge in [-0.3, -0.25) is 14.3 Å². The molecular weight excluding hydrogens is 208 g/mol. The lowest BCUT2D eigenvalue weighted by Crippen LogP contribution is -2.20. The molecule has 0 bridgehead atoms. The number of carbonyl (C=O) groups excluding carboxylic acids is 2. The summed E-state index contributed by atoms with van der Waals surface area (Å²) in [7, 11) is 1.64. The summed E-state index contributed by atoms with van der Waals surface area (Å²) in [5.74, 6) is -0.155. The van der Waals surface area contributed by atoms with E-state index in [-0.39, 0.29) is 17.4 Å². The molecule has 0 aliphatic carbocycles. The van der Waals surface area contributed by atoms with Gasteiger partial charge in [0.2, 0.25) is 5.91 Å². The summed E-state index contributed by atoms with van der Waals surface area (Å²) in [5, 5.41) is 6.50. The van der Waals surface area contributed by atoms with Crippen molar-refractivity contribution in [3.05, 3.63) is 11.8 Å². The van der Waals surface area contributed by atoms with E-state index >= 15 is 0 Å². The van der Waals surface area contributed by atoms with Crippen LogP contribution < -0.4 is 11.1 Å². The topological polar surface area (TPSA) is 90.0 Å². The Morgan fingerprint density at radius 2 is 2.19 bits per heavy atom. The second-order valence-electron chi connectivity index (χ2n) is 4.04. The summed E-state index contributed by atoms with van der Waals surface area (Å²) in [6, 6.07) is 0. The first-order chi connectivity index (χ1) is 7.41. The second-order valence-corrected chi connectivity index (χ2v) is 4.04. The van der Waals surface area contributed by atoms with E-state index < -0.39 is 5.91 Å². The average molecular weight is 224 g/mol. The van der Waals surface area contributed by atoms with Crippen LogP contribution in [0.3, 0.4) is 0 Å². The molecule has 6 heteroatoms. The summed E-state index contributed by atoms with van der Waals surface area (Å²) in [4.78, 5) is 22.6. The lowest BCUT2D eigenvalue weighted by Gasteiger charge is -2.08. The van der Waals surface area contributed by atoms with Crippen molar-refractivity contribution in [3.63, 3.8) is 0 Å². The molecule has 0 fully saturated rings. The fourth-order valence-electron chi connectivity index (χ4n) is 1.32. The molecule has 0 saturated heterocycles. The van der Waals surface area contributed by atoms with Crippen LogP contribution in [0.15, 0.2) is 6.20 Å². The van der Waals surface area contributed by atoms with Crippen LogP contribution in [0.2, 0.25) is 0 Å². The largest absolute Gasteiger partial charge is 0.365 e. The third kappa shape index (κ3) is 2.82. The minimum absolute atomic E-state index is 0.152. The standard InChI is InChI=1S/C10H16N4O2/c1-6(2)4-8(15)13-10-7(9(11)16)5-12-14(10)3/h5-6H,4H2,1-3H3,(H2,11,16)(H,13,15). The number of nitrogens with one attached hydrogen (secondary N) is 1. The van der Waals surface area contributed by atoms with Gasteiger partial charge in [-0.1, -0.05) is 13.8 Å². The molecule has 0 unspecified atom stereocenters. The average Bonchev–Trinajstić information content (AvgIpc) is 2.46. The Kier molecular flexibility index (Phi) is 3.65. The Morgan fingerprint density at radius 3 is 2.69 bits per heavy atom. The molecule has 3 N–H and O–H groups in total. The second kappa shape index (κ2) is 4.78. The molecule has 0 atom stereocenters.